The highest BCUT2D eigenvalue weighted by molar-refractivity contribution is 6.00. The molecule has 2 amide bonds. The van der Waals surface area contributed by atoms with E-state index in [4.69, 9.17) is 0 Å². The molecule has 2 aromatic rings. The number of hydrogen-bond donors (Lipinski definition) is 2. The van der Waals surface area contributed by atoms with Gasteiger partial charge in [0.15, 0.2) is 0 Å². The minimum atomic E-state index is -0.531. The van der Waals surface area contributed by atoms with Crippen LogP contribution in [0.5, 0.6) is 0 Å². The fourth-order valence-corrected chi connectivity index (χ4v) is 2.45. The molecule has 0 aromatic heterocycles. The highest BCUT2D eigenvalue weighted by atomic mass is 16.6. The van der Waals surface area contributed by atoms with Crippen LogP contribution in [0.2, 0.25) is 0 Å². The van der Waals surface area contributed by atoms with Crippen molar-refractivity contribution in [3.05, 3.63) is 79.9 Å². The Kier molecular flexibility index (Phi) is 8.22. The molecule has 12 nitrogen and oxygen atoms in total. The quantitative estimate of drug-likeness (QED) is 0.345. The van der Waals surface area contributed by atoms with Crippen molar-refractivity contribution >= 4 is 34.6 Å². The van der Waals surface area contributed by atoms with Crippen LogP contribution in [0.1, 0.15) is 37.8 Å². The van der Waals surface area contributed by atoms with E-state index in [9.17, 15) is 29.8 Å². The lowest BCUT2D eigenvalue weighted by atomic mass is 10.1. The van der Waals surface area contributed by atoms with Crippen molar-refractivity contribution < 1.29 is 19.4 Å². The lowest BCUT2D eigenvalue weighted by molar-refractivity contribution is -0.385. The molecule has 0 aliphatic carbocycles. The van der Waals surface area contributed by atoms with Crippen LogP contribution in [0.3, 0.4) is 0 Å². The Hall–Kier alpha value is -4.48. The second kappa shape index (κ2) is 11.1. The van der Waals surface area contributed by atoms with Gasteiger partial charge < -0.3 is 0 Å². The van der Waals surface area contributed by atoms with Gasteiger partial charge in [0.1, 0.15) is 0 Å². The van der Waals surface area contributed by atoms with Gasteiger partial charge in [-0.15, -0.1) is 0 Å². The van der Waals surface area contributed by atoms with E-state index in [1.807, 2.05) is 0 Å². The molecule has 0 aliphatic heterocycles. The molecule has 0 atom stereocenters. The summed E-state index contributed by atoms with van der Waals surface area (Å²) in [5, 5.41) is 29.4. The van der Waals surface area contributed by atoms with Crippen LogP contribution in [-0.4, -0.2) is 33.1 Å². The van der Waals surface area contributed by atoms with Crippen molar-refractivity contribution in [1.29, 1.82) is 0 Å². The Labute approximate surface area is 182 Å². The van der Waals surface area contributed by atoms with Gasteiger partial charge >= 0.3 is 0 Å². The van der Waals surface area contributed by atoms with Gasteiger partial charge in [0.05, 0.1) is 21.3 Å². The number of nitro groups is 2. The molecule has 0 unspecified atom stereocenters. The summed E-state index contributed by atoms with van der Waals surface area (Å²) in [5.41, 5.74) is 6.07. The number of carbonyl (C=O) groups is 2. The summed E-state index contributed by atoms with van der Waals surface area (Å²) in [6.45, 7) is 3.16. The van der Waals surface area contributed by atoms with Crippen LogP contribution in [0, 0.1) is 20.2 Å². The molecule has 2 rings (SSSR count). The first kappa shape index (κ1) is 23.8. The average Bonchev–Trinajstić information content (AvgIpc) is 2.79. The molecule has 12 heteroatoms. The zero-order valence-electron chi connectivity index (χ0n) is 17.3. The molecule has 0 bridgehead atoms. The van der Waals surface area contributed by atoms with E-state index in [1.165, 1.54) is 36.4 Å². The van der Waals surface area contributed by atoms with E-state index in [0.717, 1.165) is 0 Å². The molecule has 0 radical (unpaired) electrons. The predicted octanol–water partition coefficient (Wildman–Crippen LogP) is 2.66. The van der Waals surface area contributed by atoms with Gasteiger partial charge in [-0.1, -0.05) is 24.3 Å². The lowest BCUT2D eigenvalue weighted by Crippen LogP contribution is -2.24. The highest BCUT2D eigenvalue weighted by Gasteiger charge is 2.10. The molecule has 0 fully saturated rings. The van der Waals surface area contributed by atoms with Crippen molar-refractivity contribution in [2.45, 2.75) is 26.7 Å². The zero-order chi connectivity index (χ0) is 23.7. The van der Waals surface area contributed by atoms with Crippen LogP contribution >= 0.6 is 0 Å². The third kappa shape index (κ3) is 7.09. The maximum absolute atomic E-state index is 11.9. The molecule has 0 heterocycles. The molecule has 32 heavy (non-hydrogen) atoms. The van der Waals surface area contributed by atoms with Crippen LogP contribution in [0.15, 0.2) is 58.7 Å². The Morgan fingerprint density at radius 3 is 1.50 bits per heavy atom. The summed E-state index contributed by atoms with van der Waals surface area (Å²) >= 11 is 0. The number of benzene rings is 2. The van der Waals surface area contributed by atoms with Gasteiger partial charge in [0, 0.05) is 48.2 Å². The molecule has 0 saturated carbocycles. The summed E-state index contributed by atoms with van der Waals surface area (Å²) in [6, 6.07) is 11.6. The van der Waals surface area contributed by atoms with Gasteiger partial charge in [-0.05, 0) is 13.8 Å². The maximum Gasteiger partial charge on any atom is 0.270 e. The number of non-ortho nitro benzene ring substituents is 2. The van der Waals surface area contributed by atoms with Gasteiger partial charge in [0.2, 0.25) is 11.8 Å². The summed E-state index contributed by atoms with van der Waals surface area (Å²) in [5.74, 6) is -1.05. The number of nitrogens with zero attached hydrogens (tertiary/aromatic N) is 4. The average molecular weight is 440 g/mol. The lowest BCUT2D eigenvalue weighted by Gasteiger charge is -2.04. The fraction of sp³-hybridized carbons (Fsp3) is 0.200. The van der Waals surface area contributed by atoms with Crippen LogP contribution in [0.4, 0.5) is 11.4 Å². The standard InChI is InChI=1S/C20H20N6O6/c1-13(15-5-3-7-17(11-15)25(29)30)21-23-19(27)9-10-20(28)24-22-14(2)16-6-4-8-18(12-16)26(31)32/h3-8,11-12H,9-10H2,1-2H3,(H,23,27)(H,24,28)/b21-13+,22-14+. The third-order valence-corrected chi connectivity index (χ3v) is 4.23. The highest BCUT2D eigenvalue weighted by Crippen LogP contribution is 2.14. The number of hydrazone groups is 2. The van der Waals surface area contributed by atoms with E-state index in [2.05, 4.69) is 21.1 Å². The Morgan fingerprint density at radius 1 is 0.781 bits per heavy atom. The molecule has 0 saturated heterocycles. The number of rotatable bonds is 9. The normalized spacial score (nSPS) is 11.6. The molecule has 0 spiro atoms. The van der Waals surface area contributed by atoms with Crippen LogP contribution in [0.25, 0.3) is 0 Å². The number of carbonyl (C=O) groups excluding carboxylic acids is 2. The van der Waals surface area contributed by atoms with E-state index in [-0.39, 0.29) is 24.2 Å². The van der Waals surface area contributed by atoms with E-state index >= 15 is 0 Å². The number of nitrogens with one attached hydrogen (secondary N) is 2. The molecule has 0 aliphatic rings. The largest absolute Gasteiger partial charge is 0.273 e. The van der Waals surface area contributed by atoms with Gasteiger partial charge in [-0.25, -0.2) is 10.9 Å². The second-order valence-corrected chi connectivity index (χ2v) is 6.58. The Balaban J connectivity index is 1.85. The van der Waals surface area contributed by atoms with Crippen molar-refractivity contribution in [2.24, 2.45) is 10.2 Å². The molecule has 2 aromatic carbocycles. The second-order valence-electron chi connectivity index (χ2n) is 6.58. The summed E-state index contributed by atoms with van der Waals surface area (Å²) in [7, 11) is 0. The van der Waals surface area contributed by atoms with E-state index < -0.39 is 21.7 Å². The van der Waals surface area contributed by atoms with Crippen molar-refractivity contribution in [3.8, 4) is 0 Å². The Bertz CT molecular complexity index is 1020. The molecular weight excluding hydrogens is 420 g/mol. The topological polar surface area (TPSA) is 169 Å². The zero-order valence-corrected chi connectivity index (χ0v) is 17.3. The van der Waals surface area contributed by atoms with Gasteiger partial charge in [0.25, 0.3) is 11.4 Å². The molecular formula is C20H20N6O6. The summed E-state index contributed by atoms with van der Waals surface area (Å²) < 4.78 is 0. The fourth-order valence-electron chi connectivity index (χ4n) is 2.45. The summed E-state index contributed by atoms with van der Waals surface area (Å²) in [6.07, 6.45) is -0.328. The van der Waals surface area contributed by atoms with E-state index in [0.29, 0.717) is 22.6 Å². The van der Waals surface area contributed by atoms with Crippen molar-refractivity contribution in [3.63, 3.8) is 0 Å². The number of nitro benzene ring substituents is 2. The van der Waals surface area contributed by atoms with Crippen LogP contribution < -0.4 is 10.9 Å². The number of amides is 2. The number of hydrogen-bond acceptors (Lipinski definition) is 8. The molecule has 166 valence electrons. The minimum absolute atomic E-state index is 0.0963. The smallest absolute Gasteiger partial charge is 0.270 e. The first-order valence-corrected chi connectivity index (χ1v) is 9.33. The van der Waals surface area contributed by atoms with Crippen molar-refractivity contribution in [2.75, 3.05) is 0 Å². The SMILES string of the molecule is C/C(=N\NC(=O)CCC(=O)N/N=C(\C)c1cccc([N+](=O)[O-])c1)c1cccc([N+](=O)[O-])c1. The third-order valence-electron chi connectivity index (χ3n) is 4.23. The van der Waals surface area contributed by atoms with Crippen LogP contribution in [-0.2, 0) is 9.59 Å². The maximum atomic E-state index is 11.9. The predicted molar refractivity (Wildman–Crippen MR) is 116 cm³/mol. The van der Waals surface area contributed by atoms with Crippen molar-refractivity contribution in [1.82, 2.24) is 10.9 Å². The first-order valence-electron chi connectivity index (χ1n) is 9.33. The minimum Gasteiger partial charge on any atom is -0.273 e. The van der Waals surface area contributed by atoms with Gasteiger partial charge in [-0.2, -0.15) is 10.2 Å². The van der Waals surface area contributed by atoms with E-state index in [1.54, 1.807) is 26.0 Å². The molecule has 2 N–H and O–H groups in total. The monoisotopic (exact) mass is 440 g/mol. The summed E-state index contributed by atoms with van der Waals surface area (Å²) in [4.78, 5) is 44.4. The first-order chi connectivity index (χ1) is 15.2. The van der Waals surface area contributed by atoms with Gasteiger partial charge in [-0.3, -0.25) is 29.8 Å². The Morgan fingerprint density at radius 2 is 1.16 bits per heavy atom.